The fourth-order valence-corrected chi connectivity index (χ4v) is 2.75. The average Bonchev–Trinajstić information content (AvgIpc) is 2.78. The Morgan fingerprint density at radius 3 is 3.06 bits per heavy atom. The monoisotopic (exact) mass is 221 g/mol. The van der Waals surface area contributed by atoms with Crippen molar-refractivity contribution < 1.29 is 9.13 Å². The smallest absolute Gasteiger partial charge is 0.128 e. The first-order chi connectivity index (χ1) is 7.86. The molecule has 1 fully saturated rings. The van der Waals surface area contributed by atoms with Crippen LogP contribution >= 0.6 is 0 Å². The first-order valence-corrected chi connectivity index (χ1v) is 6.04. The third-order valence-corrected chi connectivity index (χ3v) is 3.53. The molecule has 86 valence electrons. The van der Waals surface area contributed by atoms with E-state index in [4.69, 9.17) is 4.74 Å². The molecule has 16 heavy (non-hydrogen) atoms. The summed E-state index contributed by atoms with van der Waals surface area (Å²) in [6.07, 6.45) is 4.26. The van der Waals surface area contributed by atoms with Crippen LogP contribution < -0.4 is 10.1 Å². The molecule has 2 heterocycles. The minimum atomic E-state index is -0.0800. The highest BCUT2D eigenvalue weighted by atomic mass is 19.1. The second-order valence-corrected chi connectivity index (χ2v) is 4.54. The topological polar surface area (TPSA) is 21.3 Å². The molecule has 2 aliphatic rings. The van der Waals surface area contributed by atoms with Crippen LogP contribution in [0.2, 0.25) is 0 Å². The van der Waals surface area contributed by atoms with Gasteiger partial charge in [-0.15, -0.1) is 0 Å². The van der Waals surface area contributed by atoms with Crippen molar-refractivity contribution in [1.82, 2.24) is 5.32 Å². The van der Waals surface area contributed by atoms with Gasteiger partial charge in [0.15, 0.2) is 0 Å². The van der Waals surface area contributed by atoms with Crippen LogP contribution in [0.25, 0.3) is 0 Å². The molecule has 3 heteroatoms. The highest BCUT2D eigenvalue weighted by Crippen LogP contribution is 2.36. The van der Waals surface area contributed by atoms with E-state index in [-0.39, 0.29) is 11.9 Å². The zero-order chi connectivity index (χ0) is 11.0. The average molecular weight is 221 g/mol. The molecule has 3 rings (SSSR count). The van der Waals surface area contributed by atoms with Crippen LogP contribution in [0.1, 0.15) is 36.4 Å². The van der Waals surface area contributed by atoms with Gasteiger partial charge in [-0.25, -0.2) is 4.39 Å². The van der Waals surface area contributed by atoms with E-state index in [0.29, 0.717) is 6.61 Å². The van der Waals surface area contributed by atoms with Gasteiger partial charge in [0.05, 0.1) is 6.61 Å². The molecule has 1 saturated heterocycles. The van der Waals surface area contributed by atoms with Crippen LogP contribution in [0.5, 0.6) is 5.75 Å². The van der Waals surface area contributed by atoms with Gasteiger partial charge in [-0.05, 0) is 31.5 Å². The highest BCUT2D eigenvalue weighted by Gasteiger charge is 2.26. The summed E-state index contributed by atoms with van der Waals surface area (Å²) in [6, 6.07) is 3.48. The maximum Gasteiger partial charge on any atom is 0.128 e. The summed E-state index contributed by atoms with van der Waals surface area (Å²) in [5, 5.41) is 3.41. The van der Waals surface area contributed by atoms with E-state index in [1.807, 2.05) is 0 Å². The van der Waals surface area contributed by atoms with Crippen LogP contribution in [-0.4, -0.2) is 13.2 Å². The molecule has 1 unspecified atom stereocenters. The van der Waals surface area contributed by atoms with Gasteiger partial charge < -0.3 is 10.1 Å². The Hall–Kier alpha value is -1.09. The summed E-state index contributed by atoms with van der Waals surface area (Å²) < 4.78 is 19.4. The Morgan fingerprint density at radius 2 is 2.25 bits per heavy atom. The predicted molar refractivity (Wildman–Crippen MR) is 60.2 cm³/mol. The molecular formula is C13H16FNO. The summed E-state index contributed by atoms with van der Waals surface area (Å²) in [4.78, 5) is 0. The van der Waals surface area contributed by atoms with Crippen molar-refractivity contribution >= 4 is 0 Å². The molecule has 2 nitrogen and oxygen atoms in total. The predicted octanol–water partition coefficient (Wildman–Crippen LogP) is 2.58. The fourth-order valence-electron chi connectivity index (χ4n) is 2.75. The maximum absolute atomic E-state index is 13.9. The number of nitrogens with one attached hydrogen (secondary N) is 1. The zero-order valence-electron chi connectivity index (χ0n) is 9.26. The first-order valence-electron chi connectivity index (χ1n) is 6.04. The number of hydrogen-bond donors (Lipinski definition) is 1. The lowest BCUT2D eigenvalue weighted by Gasteiger charge is -2.25. The Morgan fingerprint density at radius 1 is 1.31 bits per heavy atom. The molecule has 1 atom stereocenters. The molecule has 1 N–H and O–H groups in total. The van der Waals surface area contributed by atoms with Crippen molar-refractivity contribution in [3.8, 4) is 5.75 Å². The quantitative estimate of drug-likeness (QED) is 0.787. The Bertz CT molecular complexity index is 399. The molecule has 0 aliphatic carbocycles. The van der Waals surface area contributed by atoms with Crippen molar-refractivity contribution in [2.75, 3.05) is 13.2 Å². The molecule has 0 aromatic heterocycles. The summed E-state index contributed by atoms with van der Waals surface area (Å²) in [6.45, 7) is 1.69. The largest absolute Gasteiger partial charge is 0.493 e. The highest BCUT2D eigenvalue weighted by molar-refractivity contribution is 5.45. The SMILES string of the molecule is Fc1ccc2c(c1C1CCCCN1)CCO2. The van der Waals surface area contributed by atoms with Crippen LogP contribution in [0.15, 0.2) is 12.1 Å². The number of fused-ring (bicyclic) bond motifs is 1. The van der Waals surface area contributed by atoms with Crippen molar-refractivity contribution in [2.45, 2.75) is 31.7 Å². The minimum Gasteiger partial charge on any atom is -0.493 e. The number of piperidine rings is 1. The van der Waals surface area contributed by atoms with Gasteiger partial charge >= 0.3 is 0 Å². The van der Waals surface area contributed by atoms with Crippen LogP contribution in [0, 0.1) is 5.82 Å². The van der Waals surface area contributed by atoms with Gasteiger partial charge in [0.25, 0.3) is 0 Å². The maximum atomic E-state index is 13.9. The number of halogens is 1. The number of hydrogen-bond acceptors (Lipinski definition) is 2. The number of benzene rings is 1. The lowest BCUT2D eigenvalue weighted by molar-refractivity contribution is 0.356. The van der Waals surface area contributed by atoms with Crippen molar-refractivity contribution in [3.05, 3.63) is 29.1 Å². The normalized spacial score (nSPS) is 23.9. The lowest BCUT2D eigenvalue weighted by Crippen LogP contribution is -2.28. The Labute approximate surface area is 94.8 Å². The summed E-state index contributed by atoms with van der Waals surface area (Å²) in [7, 11) is 0. The molecule has 0 saturated carbocycles. The molecule has 1 aromatic carbocycles. The second kappa shape index (κ2) is 4.06. The van der Waals surface area contributed by atoms with Gasteiger partial charge in [-0.1, -0.05) is 6.42 Å². The molecule has 0 amide bonds. The van der Waals surface area contributed by atoms with Gasteiger partial charge in [0.1, 0.15) is 11.6 Å². The Kier molecular flexibility index (Phi) is 2.56. The summed E-state index contributed by atoms with van der Waals surface area (Å²) >= 11 is 0. The second-order valence-electron chi connectivity index (χ2n) is 4.54. The zero-order valence-corrected chi connectivity index (χ0v) is 9.26. The summed E-state index contributed by atoms with van der Waals surface area (Å²) in [5.74, 6) is 0.799. The van der Waals surface area contributed by atoms with E-state index in [2.05, 4.69) is 5.32 Å². The Balaban J connectivity index is 2.01. The van der Waals surface area contributed by atoms with E-state index < -0.39 is 0 Å². The summed E-state index contributed by atoms with van der Waals surface area (Å²) in [5.41, 5.74) is 1.94. The van der Waals surface area contributed by atoms with E-state index in [0.717, 1.165) is 36.3 Å². The number of rotatable bonds is 1. The van der Waals surface area contributed by atoms with Gasteiger partial charge in [-0.3, -0.25) is 0 Å². The molecule has 0 radical (unpaired) electrons. The van der Waals surface area contributed by atoms with Crippen molar-refractivity contribution in [2.24, 2.45) is 0 Å². The molecule has 2 aliphatic heterocycles. The molecule has 1 aromatic rings. The minimum absolute atomic E-state index is 0.0800. The van der Waals surface area contributed by atoms with E-state index >= 15 is 0 Å². The van der Waals surface area contributed by atoms with Crippen LogP contribution in [0.4, 0.5) is 4.39 Å². The third-order valence-electron chi connectivity index (χ3n) is 3.53. The van der Waals surface area contributed by atoms with Crippen LogP contribution in [0.3, 0.4) is 0 Å². The van der Waals surface area contributed by atoms with Gasteiger partial charge in [0.2, 0.25) is 0 Å². The molecular weight excluding hydrogens is 205 g/mol. The standard InChI is InChI=1S/C13H16FNO/c14-10-4-5-12-9(6-8-16-12)13(10)11-3-1-2-7-15-11/h4-5,11,15H,1-3,6-8H2. The number of ether oxygens (including phenoxy) is 1. The first kappa shape index (κ1) is 10.1. The molecule has 0 spiro atoms. The van der Waals surface area contributed by atoms with Crippen LogP contribution in [-0.2, 0) is 6.42 Å². The van der Waals surface area contributed by atoms with Gasteiger partial charge in [-0.2, -0.15) is 0 Å². The van der Waals surface area contributed by atoms with E-state index in [1.165, 1.54) is 18.9 Å². The van der Waals surface area contributed by atoms with Crippen molar-refractivity contribution in [1.29, 1.82) is 0 Å². The third kappa shape index (κ3) is 1.59. The molecule has 0 bridgehead atoms. The van der Waals surface area contributed by atoms with E-state index in [9.17, 15) is 4.39 Å². The lowest BCUT2D eigenvalue weighted by atomic mass is 9.92. The fraction of sp³-hybridized carbons (Fsp3) is 0.538. The van der Waals surface area contributed by atoms with E-state index in [1.54, 1.807) is 6.07 Å². The van der Waals surface area contributed by atoms with Gasteiger partial charge in [0, 0.05) is 23.6 Å². The van der Waals surface area contributed by atoms with Crippen molar-refractivity contribution in [3.63, 3.8) is 0 Å².